The minimum absolute atomic E-state index is 0.155. The molecule has 4 N–H and O–H groups in total. The van der Waals surface area contributed by atoms with Crippen LogP contribution in [0.3, 0.4) is 0 Å². The van der Waals surface area contributed by atoms with E-state index in [-0.39, 0.29) is 12.3 Å². The van der Waals surface area contributed by atoms with Crippen molar-refractivity contribution in [3.63, 3.8) is 0 Å². The molecule has 2 rings (SSSR count). The van der Waals surface area contributed by atoms with Crippen molar-refractivity contribution in [1.29, 1.82) is 0 Å². The first-order valence-electron chi connectivity index (χ1n) is 6.91. The van der Waals surface area contributed by atoms with Crippen LogP contribution in [0.15, 0.2) is 30.3 Å². The van der Waals surface area contributed by atoms with Gasteiger partial charge in [0.2, 0.25) is 5.91 Å². The fourth-order valence-corrected chi connectivity index (χ4v) is 1.75. The number of nitrogens with two attached hydrogens (primary N) is 1. The summed E-state index contributed by atoms with van der Waals surface area (Å²) in [6.07, 6.45) is 0. The van der Waals surface area contributed by atoms with Gasteiger partial charge < -0.3 is 20.5 Å². The normalized spacial score (nSPS) is 11.6. The highest BCUT2D eigenvalue weighted by molar-refractivity contribution is 5.95. The highest BCUT2D eigenvalue weighted by Crippen LogP contribution is 2.19. The summed E-state index contributed by atoms with van der Waals surface area (Å²) in [7, 11) is 1.58. The van der Waals surface area contributed by atoms with E-state index in [1.54, 1.807) is 25.3 Å². The minimum atomic E-state index is -0.768. The van der Waals surface area contributed by atoms with E-state index in [0.717, 1.165) is 0 Å². The Hall–Kier alpha value is -3.03. The fourth-order valence-electron chi connectivity index (χ4n) is 1.75. The van der Waals surface area contributed by atoms with Gasteiger partial charge >= 0.3 is 0 Å². The van der Waals surface area contributed by atoms with Crippen LogP contribution in [0, 0.1) is 0 Å². The van der Waals surface area contributed by atoms with Crippen LogP contribution in [0.2, 0.25) is 0 Å². The summed E-state index contributed by atoms with van der Waals surface area (Å²) in [4.78, 5) is 22.8. The third-order valence-electron chi connectivity index (χ3n) is 3.07. The molecule has 23 heavy (non-hydrogen) atoms. The van der Waals surface area contributed by atoms with Crippen molar-refractivity contribution >= 4 is 11.8 Å². The average molecular weight is 318 g/mol. The maximum absolute atomic E-state index is 11.9. The van der Waals surface area contributed by atoms with Gasteiger partial charge in [0.15, 0.2) is 0 Å². The van der Waals surface area contributed by atoms with Gasteiger partial charge in [-0.1, -0.05) is 6.07 Å². The molecule has 2 amide bonds. The van der Waals surface area contributed by atoms with Gasteiger partial charge in [0.25, 0.3) is 5.91 Å². The Bertz CT molecular complexity index is 698. The van der Waals surface area contributed by atoms with Crippen molar-refractivity contribution in [1.82, 2.24) is 15.5 Å². The molecule has 0 aliphatic heterocycles. The lowest BCUT2D eigenvalue weighted by Crippen LogP contribution is -2.42. The maximum Gasteiger partial charge on any atom is 0.272 e. The molecule has 8 heteroatoms. The summed E-state index contributed by atoms with van der Waals surface area (Å²) in [6.45, 7) is 1.71. The molecule has 0 spiro atoms. The second kappa shape index (κ2) is 7.30. The van der Waals surface area contributed by atoms with E-state index in [4.69, 9.17) is 15.2 Å². The number of hydrogen-bond donors (Lipinski definition) is 3. The molecule has 0 fully saturated rings. The number of carbonyl (C=O) groups is 2. The first kappa shape index (κ1) is 16.3. The van der Waals surface area contributed by atoms with Crippen LogP contribution in [0.25, 0.3) is 0 Å². The van der Waals surface area contributed by atoms with Crippen LogP contribution in [0.1, 0.15) is 23.1 Å². The Kier molecular flexibility index (Phi) is 5.19. The zero-order chi connectivity index (χ0) is 16.8. The number of nitrogens with one attached hydrogen (secondary N) is 2. The molecular formula is C15H18N4O4. The molecule has 0 radical (unpaired) electrons. The molecule has 1 heterocycles. The monoisotopic (exact) mass is 318 g/mol. The number of rotatable bonds is 7. The molecule has 1 atom stereocenters. The van der Waals surface area contributed by atoms with Crippen molar-refractivity contribution in [2.45, 2.75) is 19.6 Å². The van der Waals surface area contributed by atoms with E-state index in [0.29, 0.717) is 17.2 Å². The molecular weight excluding hydrogens is 300 g/mol. The number of benzene rings is 1. The number of primary amides is 1. The average Bonchev–Trinajstić information content (AvgIpc) is 3.02. The van der Waals surface area contributed by atoms with Crippen LogP contribution < -0.4 is 20.5 Å². The van der Waals surface area contributed by atoms with Gasteiger partial charge in [-0.25, -0.2) is 0 Å². The highest BCUT2D eigenvalue weighted by atomic mass is 16.5. The molecule has 8 nitrogen and oxygen atoms in total. The second-order valence-electron chi connectivity index (χ2n) is 4.84. The Morgan fingerprint density at radius 3 is 2.78 bits per heavy atom. The van der Waals surface area contributed by atoms with Crippen LogP contribution in [0.5, 0.6) is 11.5 Å². The number of ether oxygens (including phenoxy) is 2. The molecule has 1 aromatic carbocycles. The Morgan fingerprint density at radius 2 is 2.09 bits per heavy atom. The number of aromatic nitrogens is 2. The van der Waals surface area contributed by atoms with Crippen molar-refractivity contribution in [2.75, 3.05) is 7.11 Å². The lowest BCUT2D eigenvalue weighted by Gasteiger charge is -2.07. The summed E-state index contributed by atoms with van der Waals surface area (Å²) >= 11 is 0. The summed E-state index contributed by atoms with van der Waals surface area (Å²) in [5.74, 6) is 0.218. The molecule has 0 saturated carbocycles. The van der Waals surface area contributed by atoms with Gasteiger partial charge in [0.05, 0.1) is 12.8 Å². The fraction of sp³-hybridized carbons (Fsp3) is 0.267. The molecule has 0 aliphatic rings. The van der Waals surface area contributed by atoms with Gasteiger partial charge in [-0.15, -0.1) is 0 Å². The number of methoxy groups -OCH3 is 1. The summed E-state index contributed by atoms with van der Waals surface area (Å²) < 4.78 is 10.7. The largest absolute Gasteiger partial charge is 0.497 e. The smallest absolute Gasteiger partial charge is 0.272 e. The quantitative estimate of drug-likeness (QED) is 0.690. The van der Waals surface area contributed by atoms with Gasteiger partial charge in [-0.2, -0.15) is 5.10 Å². The van der Waals surface area contributed by atoms with Crippen LogP contribution in [-0.4, -0.2) is 35.2 Å². The number of carbonyl (C=O) groups excluding carboxylic acids is 2. The Morgan fingerprint density at radius 1 is 1.35 bits per heavy atom. The number of aromatic amines is 1. The SMILES string of the molecule is COc1cccc(OCc2cc(C(=O)N[C@@H](C)C(N)=O)n[nH]2)c1. The van der Waals surface area contributed by atoms with E-state index >= 15 is 0 Å². The summed E-state index contributed by atoms with van der Waals surface area (Å²) in [6, 6.07) is 7.94. The molecule has 122 valence electrons. The zero-order valence-corrected chi connectivity index (χ0v) is 12.8. The maximum atomic E-state index is 11.9. The number of H-pyrrole nitrogens is 1. The molecule has 0 bridgehead atoms. The summed E-state index contributed by atoms with van der Waals surface area (Å²) in [5, 5.41) is 9.03. The molecule has 0 aliphatic carbocycles. The van der Waals surface area contributed by atoms with Crippen molar-refractivity contribution < 1.29 is 19.1 Å². The third kappa shape index (κ3) is 4.47. The van der Waals surface area contributed by atoms with Crippen LogP contribution >= 0.6 is 0 Å². The van der Waals surface area contributed by atoms with E-state index in [2.05, 4.69) is 15.5 Å². The van der Waals surface area contributed by atoms with Gasteiger partial charge in [-0.3, -0.25) is 14.7 Å². The van der Waals surface area contributed by atoms with Crippen molar-refractivity contribution in [3.8, 4) is 11.5 Å². The molecule has 1 aromatic heterocycles. The van der Waals surface area contributed by atoms with E-state index in [1.165, 1.54) is 6.92 Å². The number of amides is 2. The molecule has 0 saturated heterocycles. The van der Waals surface area contributed by atoms with E-state index < -0.39 is 17.9 Å². The van der Waals surface area contributed by atoms with Gasteiger partial charge in [0.1, 0.15) is 29.8 Å². The van der Waals surface area contributed by atoms with Gasteiger partial charge in [0, 0.05) is 6.07 Å². The Balaban J connectivity index is 1.94. The standard InChI is InChI=1S/C15H18N4O4/c1-9(14(16)20)17-15(21)13-6-10(18-19-13)8-23-12-5-3-4-11(7-12)22-2/h3-7,9H,8H2,1-2H3,(H2,16,20)(H,17,21)(H,18,19)/t9-/m0/s1. The first-order valence-corrected chi connectivity index (χ1v) is 6.91. The zero-order valence-electron chi connectivity index (χ0n) is 12.8. The predicted octanol–water partition coefficient (Wildman–Crippen LogP) is 0.601. The predicted molar refractivity (Wildman–Crippen MR) is 82.0 cm³/mol. The van der Waals surface area contributed by atoms with Crippen molar-refractivity contribution in [2.24, 2.45) is 5.73 Å². The lowest BCUT2D eigenvalue weighted by atomic mass is 10.3. The third-order valence-corrected chi connectivity index (χ3v) is 3.07. The van der Waals surface area contributed by atoms with Crippen molar-refractivity contribution in [3.05, 3.63) is 41.7 Å². The van der Waals surface area contributed by atoms with Crippen LogP contribution in [-0.2, 0) is 11.4 Å². The molecule has 2 aromatic rings. The Labute approximate surface area is 133 Å². The lowest BCUT2D eigenvalue weighted by molar-refractivity contribution is -0.119. The number of hydrogen-bond acceptors (Lipinski definition) is 5. The minimum Gasteiger partial charge on any atom is -0.497 e. The molecule has 0 unspecified atom stereocenters. The summed E-state index contributed by atoms with van der Waals surface area (Å²) in [5.41, 5.74) is 5.86. The second-order valence-corrected chi connectivity index (χ2v) is 4.84. The van der Waals surface area contributed by atoms with E-state index in [9.17, 15) is 9.59 Å². The first-order chi connectivity index (χ1) is 11.0. The van der Waals surface area contributed by atoms with Crippen LogP contribution in [0.4, 0.5) is 0 Å². The van der Waals surface area contributed by atoms with E-state index in [1.807, 2.05) is 12.1 Å². The van der Waals surface area contributed by atoms with Gasteiger partial charge in [-0.05, 0) is 25.1 Å². The highest BCUT2D eigenvalue weighted by Gasteiger charge is 2.16. The number of nitrogens with zero attached hydrogens (tertiary/aromatic N) is 1. The topological polar surface area (TPSA) is 119 Å².